The first kappa shape index (κ1) is 11.2. The number of thiol groups is 1. The van der Waals surface area contributed by atoms with Gasteiger partial charge < -0.3 is 0 Å². The van der Waals surface area contributed by atoms with E-state index in [0.717, 1.165) is 12.1 Å². The SMILES string of the molecule is C/C=C(\S)c1cccc(C(F)(F)F)c1. The molecule has 1 rings (SSSR count). The molecule has 1 aromatic rings. The zero-order valence-corrected chi connectivity index (χ0v) is 8.36. The van der Waals surface area contributed by atoms with Crippen LogP contribution in [0.25, 0.3) is 4.91 Å². The molecule has 0 aliphatic carbocycles. The Labute approximate surface area is 85.9 Å². The van der Waals surface area contributed by atoms with Gasteiger partial charge in [0.05, 0.1) is 5.56 Å². The molecule has 0 aromatic heterocycles. The molecule has 1 aromatic carbocycles. The molecular formula is C10H9F3S. The van der Waals surface area contributed by atoms with Crippen LogP contribution in [-0.2, 0) is 6.18 Å². The molecule has 0 atom stereocenters. The predicted octanol–water partition coefficient (Wildman–Crippen LogP) is 4.00. The summed E-state index contributed by atoms with van der Waals surface area (Å²) >= 11 is 4.06. The molecular weight excluding hydrogens is 209 g/mol. The van der Waals surface area contributed by atoms with Gasteiger partial charge in [-0.05, 0) is 24.6 Å². The van der Waals surface area contributed by atoms with E-state index in [1.165, 1.54) is 6.07 Å². The number of hydrogen-bond donors (Lipinski definition) is 1. The molecule has 0 nitrogen and oxygen atoms in total. The van der Waals surface area contributed by atoms with Gasteiger partial charge in [0.1, 0.15) is 0 Å². The lowest BCUT2D eigenvalue weighted by Crippen LogP contribution is -2.04. The summed E-state index contributed by atoms with van der Waals surface area (Å²) in [5, 5.41) is 0. The molecule has 0 radical (unpaired) electrons. The van der Waals surface area contributed by atoms with Crippen LogP contribution >= 0.6 is 12.6 Å². The van der Waals surface area contributed by atoms with Crippen molar-refractivity contribution in [1.29, 1.82) is 0 Å². The van der Waals surface area contributed by atoms with Crippen LogP contribution < -0.4 is 0 Å². The van der Waals surface area contributed by atoms with Crippen molar-refractivity contribution in [2.45, 2.75) is 13.1 Å². The summed E-state index contributed by atoms with van der Waals surface area (Å²) in [6, 6.07) is 5.10. The van der Waals surface area contributed by atoms with Crippen molar-refractivity contribution in [3.05, 3.63) is 41.5 Å². The van der Waals surface area contributed by atoms with Gasteiger partial charge in [-0.1, -0.05) is 18.2 Å². The van der Waals surface area contributed by atoms with E-state index in [-0.39, 0.29) is 0 Å². The molecule has 0 amide bonds. The van der Waals surface area contributed by atoms with Crippen molar-refractivity contribution < 1.29 is 13.2 Å². The van der Waals surface area contributed by atoms with Crippen LogP contribution in [0.1, 0.15) is 18.1 Å². The van der Waals surface area contributed by atoms with Crippen molar-refractivity contribution in [3.8, 4) is 0 Å². The van der Waals surface area contributed by atoms with E-state index in [1.54, 1.807) is 19.1 Å². The van der Waals surface area contributed by atoms with Crippen LogP contribution in [-0.4, -0.2) is 0 Å². The van der Waals surface area contributed by atoms with Gasteiger partial charge in [0.15, 0.2) is 0 Å². The van der Waals surface area contributed by atoms with Gasteiger partial charge in [0.2, 0.25) is 0 Å². The Bertz CT molecular complexity index is 353. The molecule has 0 aliphatic rings. The minimum Gasteiger partial charge on any atom is -0.166 e. The molecule has 0 saturated heterocycles. The van der Waals surface area contributed by atoms with Gasteiger partial charge in [0, 0.05) is 4.91 Å². The molecule has 14 heavy (non-hydrogen) atoms. The van der Waals surface area contributed by atoms with Gasteiger partial charge >= 0.3 is 6.18 Å². The molecule has 0 saturated carbocycles. The molecule has 0 heterocycles. The maximum Gasteiger partial charge on any atom is 0.416 e. The fourth-order valence-corrected chi connectivity index (χ4v) is 1.16. The number of allylic oxidation sites excluding steroid dienone is 1. The van der Waals surface area contributed by atoms with Crippen LogP contribution in [0.5, 0.6) is 0 Å². The first-order valence-electron chi connectivity index (χ1n) is 3.98. The Morgan fingerprint density at radius 1 is 1.36 bits per heavy atom. The van der Waals surface area contributed by atoms with Crippen LogP contribution in [0, 0.1) is 0 Å². The average molecular weight is 218 g/mol. The fourth-order valence-electron chi connectivity index (χ4n) is 1.02. The molecule has 76 valence electrons. The molecule has 0 spiro atoms. The highest BCUT2D eigenvalue weighted by Gasteiger charge is 2.30. The van der Waals surface area contributed by atoms with E-state index in [0.29, 0.717) is 10.5 Å². The topological polar surface area (TPSA) is 0 Å². The summed E-state index contributed by atoms with van der Waals surface area (Å²) in [4.78, 5) is 0.538. The second-order valence-corrected chi connectivity index (χ2v) is 3.23. The highest BCUT2D eigenvalue weighted by Crippen LogP contribution is 2.31. The van der Waals surface area contributed by atoms with Gasteiger partial charge in [-0.15, -0.1) is 12.6 Å². The molecule has 0 unspecified atom stereocenters. The van der Waals surface area contributed by atoms with Crippen LogP contribution in [0.4, 0.5) is 13.2 Å². The Morgan fingerprint density at radius 3 is 2.50 bits per heavy atom. The second-order valence-electron chi connectivity index (χ2n) is 2.75. The van der Waals surface area contributed by atoms with Gasteiger partial charge in [-0.2, -0.15) is 13.2 Å². The Hall–Kier alpha value is -0.900. The van der Waals surface area contributed by atoms with E-state index in [1.807, 2.05) is 0 Å². The highest BCUT2D eigenvalue weighted by molar-refractivity contribution is 7.90. The zero-order valence-electron chi connectivity index (χ0n) is 7.47. The van der Waals surface area contributed by atoms with Crippen molar-refractivity contribution in [2.24, 2.45) is 0 Å². The standard InChI is InChI=1S/C10H9F3S/c1-2-9(14)7-4-3-5-8(6-7)10(11,12)13/h2-6,14H,1H3/b9-2-. The average Bonchev–Trinajstić information content (AvgIpc) is 2.15. The van der Waals surface area contributed by atoms with Crippen LogP contribution in [0.15, 0.2) is 30.3 Å². The Morgan fingerprint density at radius 2 is 2.00 bits per heavy atom. The maximum atomic E-state index is 12.3. The molecule has 4 heteroatoms. The Balaban J connectivity index is 3.14. The summed E-state index contributed by atoms with van der Waals surface area (Å²) in [6.07, 6.45) is -2.64. The van der Waals surface area contributed by atoms with Crippen LogP contribution in [0.2, 0.25) is 0 Å². The molecule has 0 fully saturated rings. The lowest BCUT2D eigenvalue weighted by atomic mass is 10.1. The van der Waals surface area contributed by atoms with Gasteiger partial charge in [-0.3, -0.25) is 0 Å². The highest BCUT2D eigenvalue weighted by atomic mass is 32.1. The minimum atomic E-state index is -4.29. The van der Waals surface area contributed by atoms with E-state index in [4.69, 9.17) is 0 Å². The van der Waals surface area contributed by atoms with Crippen molar-refractivity contribution in [3.63, 3.8) is 0 Å². The Kier molecular flexibility index (Phi) is 3.26. The summed E-state index contributed by atoms with van der Waals surface area (Å²) in [5.74, 6) is 0. The van der Waals surface area contributed by atoms with Crippen molar-refractivity contribution in [2.75, 3.05) is 0 Å². The lowest BCUT2D eigenvalue weighted by Gasteiger charge is -2.08. The van der Waals surface area contributed by atoms with Crippen molar-refractivity contribution in [1.82, 2.24) is 0 Å². The third-order valence-electron chi connectivity index (χ3n) is 1.76. The van der Waals surface area contributed by atoms with E-state index >= 15 is 0 Å². The summed E-state index contributed by atoms with van der Waals surface area (Å²) < 4.78 is 36.9. The number of benzene rings is 1. The number of rotatable bonds is 1. The van der Waals surface area contributed by atoms with E-state index in [2.05, 4.69) is 12.6 Å². The second kappa shape index (κ2) is 4.09. The fraction of sp³-hybridized carbons (Fsp3) is 0.200. The largest absolute Gasteiger partial charge is 0.416 e. The normalized spacial score (nSPS) is 13.1. The van der Waals surface area contributed by atoms with Gasteiger partial charge in [0.25, 0.3) is 0 Å². The maximum absolute atomic E-state index is 12.3. The third kappa shape index (κ3) is 2.54. The summed E-state index contributed by atoms with van der Waals surface area (Å²) in [5.41, 5.74) is -0.172. The van der Waals surface area contributed by atoms with Crippen molar-refractivity contribution >= 4 is 17.5 Å². The molecule has 0 aliphatic heterocycles. The zero-order chi connectivity index (χ0) is 10.8. The van der Waals surface area contributed by atoms with E-state index in [9.17, 15) is 13.2 Å². The van der Waals surface area contributed by atoms with Gasteiger partial charge in [-0.25, -0.2) is 0 Å². The lowest BCUT2D eigenvalue weighted by molar-refractivity contribution is -0.137. The van der Waals surface area contributed by atoms with E-state index < -0.39 is 11.7 Å². The van der Waals surface area contributed by atoms with Crippen LogP contribution in [0.3, 0.4) is 0 Å². The smallest absolute Gasteiger partial charge is 0.166 e. The minimum absolute atomic E-state index is 0.477. The molecule has 0 N–H and O–H groups in total. The number of alkyl halides is 3. The number of hydrogen-bond acceptors (Lipinski definition) is 1. The summed E-state index contributed by atoms with van der Waals surface area (Å²) in [7, 11) is 0. The quantitative estimate of drug-likeness (QED) is 0.677. The monoisotopic (exact) mass is 218 g/mol. The number of halogens is 3. The first-order valence-corrected chi connectivity index (χ1v) is 4.43. The molecule has 0 bridgehead atoms. The predicted molar refractivity (Wildman–Crippen MR) is 54.1 cm³/mol. The first-order chi connectivity index (χ1) is 6.45. The third-order valence-corrected chi connectivity index (χ3v) is 2.28. The summed E-state index contributed by atoms with van der Waals surface area (Å²) in [6.45, 7) is 1.72.